The fourth-order valence-corrected chi connectivity index (χ4v) is 4.56. The molecule has 0 radical (unpaired) electrons. The van der Waals surface area contributed by atoms with Gasteiger partial charge in [0.25, 0.3) is 0 Å². The number of unbranched alkanes of at least 4 members (excludes halogenated alkanes) is 6. The Balaban J connectivity index is 5.73. The van der Waals surface area contributed by atoms with Crippen molar-refractivity contribution in [1.82, 2.24) is 4.90 Å². The molecule has 10 nitrogen and oxygen atoms in total. The Morgan fingerprint density at radius 3 is 1.34 bits per heavy atom. The van der Waals surface area contributed by atoms with Crippen molar-refractivity contribution < 1.29 is 40.9 Å². The van der Waals surface area contributed by atoms with E-state index in [1.807, 2.05) is 0 Å². The molecule has 0 fully saturated rings. The van der Waals surface area contributed by atoms with E-state index in [2.05, 4.69) is 13.8 Å². The highest BCUT2D eigenvalue weighted by atomic mass is 16.4. The van der Waals surface area contributed by atoms with Crippen LogP contribution in [0.4, 0.5) is 0 Å². The van der Waals surface area contributed by atoms with Crippen molar-refractivity contribution >= 4 is 0 Å². The van der Waals surface area contributed by atoms with E-state index in [0.717, 1.165) is 64.2 Å². The molecule has 0 aliphatic carbocycles. The third-order valence-corrected chi connectivity index (χ3v) is 6.95. The lowest BCUT2D eigenvalue weighted by atomic mass is 9.77. The lowest BCUT2D eigenvalue weighted by Crippen LogP contribution is -2.53. The van der Waals surface area contributed by atoms with Crippen molar-refractivity contribution in [1.29, 1.82) is 0 Å². The van der Waals surface area contributed by atoms with Crippen LogP contribution in [0.3, 0.4) is 0 Å². The molecule has 0 unspecified atom stereocenters. The van der Waals surface area contributed by atoms with Crippen LogP contribution in [-0.4, -0.2) is 122 Å². The number of hydrogen-bond donors (Lipinski definition) is 9. The van der Waals surface area contributed by atoms with Crippen LogP contribution in [0.5, 0.6) is 0 Å². The Labute approximate surface area is 211 Å². The maximum absolute atomic E-state index is 10.5. The first-order valence-electron chi connectivity index (χ1n) is 13.3. The minimum absolute atomic E-state index is 0.150. The van der Waals surface area contributed by atoms with E-state index in [0.29, 0.717) is 13.1 Å². The molecule has 0 aromatic carbocycles. The average molecular weight is 511 g/mol. The Morgan fingerprint density at radius 2 is 1.03 bits per heavy atom. The first-order valence-corrected chi connectivity index (χ1v) is 13.3. The van der Waals surface area contributed by atoms with Gasteiger partial charge in [-0.05, 0) is 24.8 Å². The van der Waals surface area contributed by atoms with Gasteiger partial charge in [0, 0.05) is 19.6 Å². The van der Waals surface area contributed by atoms with Crippen LogP contribution in [0.1, 0.15) is 78.1 Å². The predicted molar refractivity (Wildman–Crippen MR) is 136 cm³/mol. The third-order valence-electron chi connectivity index (χ3n) is 6.95. The van der Waals surface area contributed by atoms with Gasteiger partial charge in [-0.15, -0.1) is 0 Å². The topological polar surface area (TPSA) is 191 Å². The quantitative estimate of drug-likeness (QED) is 0.0796. The van der Waals surface area contributed by atoms with Gasteiger partial charge in [-0.2, -0.15) is 0 Å². The van der Waals surface area contributed by atoms with Crippen LogP contribution in [0, 0.1) is 5.41 Å². The van der Waals surface area contributed by atoms with E-state index in [1.54, 1.807) is 4.90 Å². The summed E-state index contributed by atoms with van der Waals surface area (Å²) in [7, 11) is 0. The highest BCUT2D eigenvalue weighted by Gasteiger charge is 2.35. The first-order chi connectivity index (χ1) is 16.6. The fraction of sp³-hybridized carbons (Fsp3) is 1.00. The lowest BCUT2D eigenvalue weighted by Gasteiger charge is -2.40. The molecule has 0 aliphatic heterocycles. The van der Waals surface area contributed by atoms with Gasteiger partial charge in [-0.25, -0.2) is 0 Å². The number of aliphatic hydroxyl groups is 8. The second-order valence-electron chi connectivity index (χ2n) is 10.1. The summed E-state index contributed by atoms with van der Waals surface area (Å²) in [5.74, 6) is 0. The van der Waals surface area contributed by atoms with E-state index in [-0.39, 0.29) is 18.5 Å². The molecule has 212 valence electrons. The van der Waals surface area contributed by atoms with Crippen LogP contribution in [-0.2, 0) is 0 Å². The lowest BCUT2D eigenvalue weighted by molar-refractivity contribution is -0.104. The van der Waals surface area contributed by atoms with E-state index in [1.165, 1.54) is 0 Å². The minimum Gasteiger partial charge on any atom is -0.394 e. The van der Waals surface area contributed by atoms with Crippen molar-refractivity contribution in [2.75, 3.05) is 39.4 Å². The Kier molecular flexibility index (Phi) is 19.5. The largest absolute Gasteiger partial charge is 0.394 e. The molecule has 10 heteroatoms. The summed E-state index contributed by atoms with van der Waals surface area (Å²) >= 11 is 0. The summed E-state index contributed by atoms with van der Waals surface area (Å²) in [6.07, 6.45) is 1.13. The molecule has 10 N–H and O–H groups in total. The van der Waals surface area contributed by atoms with E-state index >= 15 is 0 Å². The average Bonchev–Trinajstić information content (AvgIpc) is 2.86. The van der Waals surface area contributed by atoms with Crippen molar-refractivity contribution in [2.45, 2.75) is 115 Å². The third kappa shape index (κ3) is 13.6. The smallest absolute Gasteiger partial charge is 0.109 e. The van der Waals surface area contributed by atoms with Gasteiger partial charge in [-0.3, -0.25) is 4.90 Å². The Morgan fingerprint density at radius 1 is 0.629 bits per heavy atom. The van der Waals surface area contributed by atoms with E-state index < -0.39 is 49.8 Å². The molecule has 0 bridgehead atoms. The van der Waals surface area contributed by atoms with Gasteiger partial charge in [0.1, 0.15) is 24.4 Å². The van der Waals surface area contributed by atoms with Crippen molar-refractivity contribution in [3.8, 4) is 0 Å². The van der Waals surface area contributed by atoms with Crippen LogP contribution >= 0.6 is 0 Å². The predicted octanol–water partition coefficient (Wildman–Crippen LogP) is -0.676. The standard InChI is InChI=1S/C25H54N2O8/c1-3-5-7-9-11-25(17-26,12-10-8-6-4-2)18-27(13-19(30)23(34)21(32)15-28)14-20(31)24(35)22(33)16-29/h19-24,28-35H,3-18,26H2,1-2H3/t19-,20-,21+,22+,23-,24-/m0/s1. The number of nitrogens with two attached hydrogens (primary N) is 1. The maximum Gasteiger partial charge on any atom is 0.109 e. The number of aliphatic hydroxyl groups excluding tert-OH is 8. The van der Waals surface area contributed by atoms with E-state index in [9.17, 15) is 30.6 Å². The van der Waals surface area contributed by atoms with Gasteiger partial charge < -0.3 is 46.6 Å². The second-order valence-corrected chi connectivity index (χ2v) is 10.1. The molecular weight excluding hydrogens is 456 g/mol. The molecule has 0 spiro atoms. The summed E-state index contributed by atoms with van der Waals surface area (Å²) in [5, 5.41) is 79.1. The molecule has 0 heterocycles. The van der Waals surface area contributed by atoms with Crippen molar-refractivity contribution in [3.63, 3.8) is 0 Å². The molecule has 35 heavy (non-hydrogen) atoms. The molecule has 6 atom stereocenters. The van der Waals surface area contributed by atoms with Crippen molar-refractivity contribution in [2.24, 2.45) is 11.1 Å². The number of hydrogen-bond acceptors (Lipinski definition) is 10. The maximum atomic E-state index is 10.5. The summed E-state index contributed by atoms with van der Waals surface area (Å²) in [5.41, 5.74) is 5.99. The molecule has 0 saturated heterocycles. The zero-order valence-corrected chi connectivity index (χ0v) is 21.9. The summed E-state index contributed by atoms with van der Waals surface area (Å²) < 4.78 is 0. The van der Waals surface area contributed by atoms with Gasteiger partial charge >= 0.3 is 0 Å². The zero-order valence-electron chi connectivity index (χ0n) is 21.9. The van der Waals surface area contributed by atoms with Gasteiger partial charge in [0.15, 0.2) is 0 Å². The highest BCUT2D eigenvalue weighted by Crippen LogP contribution is 2.32. The van der Waals surface area contributed by atoms with Crippen LogP contribution < -0.4 is 5.73 Å². The van der Waals surface area contributed by atoms with Gasteiger partial charge in [0.05, 0.1) is 25.4 Å². The Bertz CT molecular complexity index is 466. The number of nitrogens with zero attached hydrogens (tertiary/aromatic N) is 1. The summed E-state index contributed by atoms with van der Waals surface area (Å²) in [6.45, 7) is 3.31. The molecule has 0 aliphatic rings. The monoisotopic (exact) mass is 510 g/mol. The summed E-state index contributed by atoms with van der Waals surface area (Å²) in [6, 6.07) is 0. The second kappa shape index (κ2) is 19.7. The zero-order chi connectivity index (χ0) is 26.9. The van der Waals surface area contributed by atoms with Crippen molar-refractivity contribution in [3.05, 3.63) is 0 Å². The minimum atomic E-state index is -1.60. The van der Waals surface area contributed by atoms with Gasteiger partial charge in [0.2, 0.25) is 0 Å². The van der Waals surface area contributed by atoms with Gasteiger partial charge in [-0.1, -0.05) is 65.2 Å². The van der Waals surface area contributed by atoms with Crippen LogP contribution in [0.15, 0.2) is 0 Å². The fourth-order valence-electron chi connectivity index (χ4n) is 4.56. The molecule has 0 amide bonds. The Hall–Kier alpha value is -0.400. The molecule has 0 rings (SSSR count). The van der Waals surface area contributed by atoms with Crippen LogP contribution in [0.2, 0.25) is 0 Å². The number of rotatable bonds is 23. The molecule has 0 saturated carbocycles. The van der Waals surface area contributed by atoms with E-state index in [4.69, 9.17) is 15.9 Å². The highest BCUT2D eigenvalue weighted by molar-refractivity contribution is 4.89. The summed E-state index contributed by atoms with van der Waals surface area (Å²) in [4.78, 5) is 1.68. The molecule has 0 aromatic rings. The van der Waals surface area contributed by atoms with Crippen LogP contribution in [0.25, 0.3) is 0 Å². The normalized spacial score (nSPS) is 17.8. The first kappa shape index (κ1) is 34.6. The molecular formula is C25H54N2O8. The molecule has 0 aromatic heterocycles. The SMILES string of the molecule is CCCCCCC(CN)(CCCCCC)CN(C[C@H](O)[C@H](O)[C@H](O)CO)C[C@H](O)[C@H](O)[C@H](O)CO.